The van der Waals surface area contributed by atoms with Gasteiger partial charge in [0.05, 0.1) is 14.2 Å². The molecule has 0 aromatic heterocycles. The molecule has 2 aliphatic heterocycles. The largest absolute Gasteiger partial charge is 0.497 e. The van der Waals surface area contributed by atoms with Crippen LogP contribution in [0.15, 0.2) is 23.1 Å². The summed E-state index contributed by atoms with van der Waals surface area (Å²) < 4.78 is 44.9. The third kappa shape index (κ3) is 3.94. The predicted octanol–water partition coefficient (Wildman–Crippen LogP) is 1.97. The first kappa shape index (κ1) is 20.4. The molecule has 0 saturated carbocycles. The van der Waals surface area contributed by atoms with Gasteiger partial charge in [0.2, 0.25) is 10.0 Å². The van der Waals surface area contributed by atoms with E-state index in [2.05, 4.69) is 11.8 Å². The first-order valence-corrected chi connectivity index (χ1v) is 11.0. The maximum atomic E-state index is 13.5. The molecule has 2 fully saturated rings. The van der Waals surface area contributed by atoms with Gasteiger partial charge in [-0.3, -0.25) is 4.90 Å². The molecule has 7 nitrogen and oxygen atoms in total. The second kappa shape index (κ2) is 8.34. The molecule has 8 heteroatoms. The highest BCUT2D eigenvalue weighted by atomic mass is 32.2. The fraction of sp³-hybridized carbons (Fsp3) is 0.684. The topological polar surface area (TPSA) is 68.3 Å². The van der Waals surface area contributed by atoms with Gasteiger partial charge in [-0.05, 0) is 44.5 Å². The molecule has 152 valence electrons. The number of rotatable bonds is 5. The fourth-order valence-corrected chi connectivity index (χ4v) is 5.96. The van der Waals surface area contributed by atoms with Crippen molar-refractivity contribution in [2.45, 2.75) is 36.6 Å². The number of nitrogens with zero attached hydrogens (tertiary/aromatic N) is 2. The Hall–Kier alpha value is -1.35. The third-order valence-electron chi connectivity index (χ3n) is 5.77. The van der Waals surface area contributed by atoms with E-state index in [4.69, 9.17) is 14.2 Å². The van der Waals surface area contributed by atoms with Crippen LogP contribution in [0.5, 0.6) is 11.5 Å². The summed E-state index contributed by atoms with van der Waals surface area (Å²) in [6.45, 7) is 6.29. The minimum atomic E-state index is -3.71. The first-order valence-electron chi connectivity index (χ1n) is 9.52. The van der Waals surface area contributed by atoms with Gasteiger partial charge in [0.25, 0.3) is 0 Å². The van der Waals surface area contributed by atoms with Crippen LogP contribution in [-0.4, -0.2) is 76.8 Å². The van der Waals surface area contributed by atoms with Gasteiger partial charge in [-0.25, -0.2) is 8.42 Å². The predicted molar refractivity (Wildman–Crippen MR) is 103 cm³/mol. The number of hydrogen-bond acceptors (Lipinski definition) is 6. The van der Waals surface area contributed by atoms with Crippen molar-refractivity contribution in [3.63, 3.8) is 0 Å². The lowest BCUT2D eigenvalue weighted by Gasteiger charge is -2.46. The molecular formula is C19H30N2O5S. The highest BCUT2D eigenvalue weighted by Gasteiger charge is 2.44. The van der Waals surface area contributed by atoms with Crippen LogP contribution in [-0.2, 0) is 14.8 Å². The van der Waals surface area contributed by atoms with E-state index in [0.29, 0.717) is 37.8 Å². The van der Waals surface area contributed by atoms with E-state index in [1.54, 1.807) is 22.5 Å². The minimum Gasteiger partial charge on any atom is -0.497 e. The molecule has 3 rings (SSSR count). The summed E-state index contributed by atoms with van der Waals surface area (Å²) in [5.74, 6) is 0.841. The summed E-state index contributed by atoms with van der Waals surface area (Å²) in [6.07, 6.45) is 2.51. The monoisotopic (exact) mass is 398 g/mol. The van der Waals surface area contributed by atoms with Crippen molar-refractivity contribution in [2.75, 3.05) is 53.6 Å². The second-order valence-corrected chi connectivity index (χ2v) is 9.03. The summed E-state index contributed by atoms with van der Waals surface area (Å²) in [7, 11) is -0.691. The Kier molecular flexibility index (Phi) is 6.30. The van der Waals surface area contributed by atoms with E-state index in [-0.39, 0.29) is 10.4 Å². The van der Waals surface area contributed by atoms with Crippen LogP contribution in [0.2, 0.25) is 0 Å². The average molecular weight is 399 g/mol. The van der Waals surface area contributed by atoms with Gasteiger partial charge in [-0.15, -0.1) is 0 Å². The maximum Gasteiger partial charge on any atom is 0.246 e. The second-order valence-electron chi connectivity index (χ2n) is 7.13. The minimum absolute atomic E-state index is 0.163. The molecule has 0 N–H and O–H groups in total. The summed E-state index contributed by atoms with van der Waals surface area (Å²) in [5, 5.41) is 0. The van der Waals surface area contributed by atoms with Crippen LogP contribution >= 0.6 is 0 Å². The molecule has 0 radical (unpaired) electrons. The molecule has 0 aliphatic carbocycles. The van der Waals surface area contributed by atoms with E-state index < -0.39 is 10.0 Å². The molecule has 0 bridgehead atoms. The highest BCUT2D eigenvalue weighted by Crippen LogP contribution is 2.36. The van der Waals surface area contributed by atoms with Crippen LogP contribution in [0.25, 0.3) is 0 Å². The Morgan fingerprint density at radius 3 is 2.52 bits per heavy atom. The molecule has 0 amide bonds. The van der Waals surface area contributed by atoms with Crippen molar-refractivity contribution < 1.29 is 22.6 Å². The molecule has 1 spiro atoms. The number of sulfonamides is 1. The molecule has 2 aliphatic rings. The Labute approximate surface area is 162 Å². The quantitative estimate of drug-likeness (QED) is 0.755. The van der Waals surface area contributed by atoms with Crippen LogP contribution in [0.4, 0.5) is 0 Å². The lowest BCUT2D eigenvalue weighted by atomic mass is 9.88. The molecule has 2 saturated heterocycles. The summed E-state index contributed by atoms with van der Waals surface area (Å²) in [4.78, 5) is 2.60. The Balaban J connectivity index is 1.99. The summed E-state index contributed by atoms with van der Waals surface area (Å²) in [6, 6.07) is 4.90. The van der Waals surface area contributed by atoms with Crippen molar-refractivity contribution in [3.05, 3.63) is 18.2 Å². The van der Waals surface area contributed by atoms with Crippen molar-refractivity contribution in [1.29, 1.82) is 0 Å². The number of likely N-dealkylation sites (N-methyl/N-ethyl adjacent to an activating group) is 1. The standard InChI is InChI=1S/C19H30N2O5S/c1-4-20-10-5-11-21(15-19(20)8-12-26-13-9-19)27(22,23)18-14-16(24-2)6-7-17(18)25-3/h6-7,14H,4-5,8-13,15H2,1-3H3. The molecular weight excluding hydrogens is 368 g/mol. The van der Waals surface area contributed by atoms with Crippen LogP contribution in [0.1, 0.15) is 26.2 Å². The summed E-state index contributed by atoms with van der Waals surface area (Å²) >= 11 is 0. The van der Waals surface area contributed by atoms with Gasteiger partial charge in [-0.1, -0.05) is 6.92 Å². The molecule has 27 heavy (non-hydrogen) atoms. The van der Waals surface area contributed by atoms with Gasteiger partial charge in [0.15, 0.2) is 0 Å². The first-order chi connectivity index (χ1) is 13.0. The SMILES string of the molecule is CCN1CCCN(S(=O)(=O)c2cc(OC)ccc2OC)CC12CCOCC2. The lowest BCUT2D eigenvalue weighted by Crippen LogP contribution is -2.57. The van der Waals surface area contributed by atoms with Gasteiger partial charge in [0.1, 0.15) is 16.4 Å². The van der Waals surface area contributed by atoms with Gasteiger partial charge in [0, 0.05) is 37.9 Å². The molecule has 2 heterocycles. The van der Waals surface area contributed by atoms with Crippen LogP contribution in [0, 0.1) is 0 Å². The van der Waals surface area contributed by atoms with E-state index in [9.17, 15) is 8.42 Å². The Bertz CT molecular complexity index is 746. The van der Waals surface area contributed by atoms with Crippen LogP contribution < -0.4 is 9.47 Å². The lowest BCUT2D eigenvalue weighted by molar-refractivity contribution is -0.0263. The van der Waals surface area contributed by atoms with Gasteiger partial charge < -0.3 is 14.2 Å². The van der Waals surface area contributed by atoms with E-state index in [1.165, 1.54) is 14.2 Å². The van der Waals surface area contributed by atoms with Crippen molar-refractivity contribution in [2.24, 2.45) is 0 Å². The van der Waals surface area contributed by atoms with Crippen molar-refractivity contribution in [3.8, 4) is 11.5 Å². The zero-order valence-corrected chi connectivity index (χ0v) is 17.3. The smallest absolute Gasteiger partial charge is 0.246 e. The molecule has 1 aromatic carbocycles. The zero-order valence-electron chi connectivity index (χ0n) is 16.4. The number of ether oxygens (including phenoxy) is 3. The molecule has 1 aromatic rings. The third-order valence-corrected chi connectivity index (χ3v) is 7.64. The van der Waals surface area contributed by atoms with Crippen LogP contribution in [0.3, 0.4) is 0 Å². The number of benzene rings is 1. The summed E-state index contributed by atoms with van der Waals surface area (Å²) in [5.41, 5.74) is -0.164. The molecule has 0 unspecified atom stereocenters. The average Bonchev–Trinajstić information content (AvgIpc) is 2.87. The number of hydrogen-bond donors (Lipinski definition) is 0. The van der Waals surface area contributed by atoms with Gasteiger partial charge >= 0.3 is 0 Å². The van der Waals surface area contributed by atoms with Crippen molar-refractivity contribution >= 4 is 10.0 Å². The zero-order chi connectivity index (χ0) is 19.5. The number of methoxy groups -OCH3 is 2. The molecule has 0 atom stereocenters. The van der Waals surface area contributed by atoms with E-state index in [0.717, 1.165) is 32.4 Å². The normalized spacial score (nSPS) is 21.7. The van der Waals surface area contributed by atoms with Crippen molar-refractivity contribution in [1.82, 2.24) is 9.21 Å². The highest BCUT2D eigenvalue weighted by molar-refractivity contribution is 7.89. The fourth-order valence-electron chi connectivity index (χ4n) is 4.23. The van der Waals surface area contributed by atoms with Gasteiger partial charge in [-0.2, -0.15) is 4.31 Å². The Morgan fingerprint density at radius 1 is 1.15 bits per heavy atom. The van der Waals surface area contributed by atoms with E-state index in [1.807, 2.05) is 0 Å². The van der Waals surface area contributed by atoms with E-state index >= 15 is 0 Å². The Morgan fingerprint density at radius 2 is 1.89 bits per heavy atom. The maximum absolute atomic E-state index is 13.5.